The van der Waals surface area contributed by atoms with Gasteiger partial charge in [0.2, 0.25) is 0 Å². The van der Waals surface area contributed by atoms with Crippen LogP contribution in [0.5, 0.6) is 0 Å². The highest BCUT2D eigenvalue weighted by molar-refractivity contribution is 6.30. The predicted octanol–water partition coefficient (Wildman–Crippen LogP) is 2.02. The van der Waals surface area contributed by atoms with Crippen molar-refractivity contribution in [2.24, 2.45) is 0 Å². The van der Waals surface area contributed by atoms with Crippen molar-refractivity contribution in [1.82, 2.24) is 14.7 Å². The van der Waals surface area contributed by atoms with E-state index in [4.69, 9.17) is 11.6 Å². The number of nitrogens with zero attached hydrogens (tertiary/aromatic N) is 2. The summed E-state index contributed by atoms with van der Waals surface area (Å²) in [4.78, 5) is 4.36. The monoisotopic (exact) mass is 209 g/mol. The lowest BCUT2D eigenvalue weighted by atomic mass is 10.3. The third kappa shape index (κ3) is 1.38. The Hall–Kier alpha value is -1.06. The van der Waals surface area contributed by atoms with Gasteiger partial charge < -0.3 is 5.32 Å². The van der Waals surface area contributed by atoms with E-state index in [1.807, 2.05) is 36.6 Å². The molecule has 2 rings (SSSR count). The first-order valence-corrected chi connectivity index (χ1v) is 4.89. The number of nitrogens with one attached hydrogen (secondary N) is 1. The molecule has 1 N–H and O–H groups in total. The van der Waals surface area contributed by atoms with Gasteiger partial charge in [-0.25, -0.2) is 4.98 Å². The van der Waals surface area contributed by atoms with Crippen molar-refractivity contribution >= 4 is 17.2 Å². The minimum atomic E-state index is 0.700. The van der Waals surface area contributed by atoms with Gasteiger partial charge in [0.05, 0.1) is 5.69 Å². The summed E-state index contributed by atoms with van der Waals surface area (Å²) in [6, 6.07) is 5.99. The Bertz CT molecular complexity index is 462. The fourth-order valence-corrected chi connectivity index (χ4v) is 1.79. The molecule has 3 nitrogen and oxygen atoms in total. The Morgan fingerprint density at radius 1 is 1.50 bits per heavy atom. The van der Waals surface area contributed by atoms with E-state index in [-0.39, 0.29) is 0 Å². The number of rotatable bonds is 2. The molecule has 0 aromatic carbocycles. The lowest BCUT2D eigenvalue weighted by molar-refractivity contribution is 0.777. The van der Waals surface area contributed by atoms with Crippen molar-refractivity contribution < 1.29 is 0 Å². The molecule has 2 aromatic heterocycles. The van der Waals surface area contributed by atoms with Crippen LogP contribution in [0.15, 0.2) is 18.2 Å². The number of hydrogen-bond donors (Lipinski definition) is 1. The third-order valence-electron chi connectivity index (χ3n) is 2.19. The highest BCUT2D eigenvalue weighted by Crippen LogP contribution is 2.19. The van der Waals surface area contributed by atoms with Gasteiger partial charge in [0.1, 0.15) is 10.8 Å². The van der Waals surface area contributed by atoms with Crippen LogP contribution in [0.1, 0.15) is 11.4 Å². The summed E-state index contributed by atoms with van der Waals surface area (Å²) >= 11 is 6.16. The molecule has 0 spiro atoms. The zero-order valence-electron chi connectivity index (χ0n) is 8.21. The quantitative estimate of drug-likeness (QED) is 0.820. The minimum absolute atomic E-state index is 0.700. The zero-order valence-corrected chi connectivity index (χ0v) is 8.97. The van der Waals surface area contributed by atoms with E-state index in [1.54, 1.807) is 0 Å². The maximum atomic E-state index is 6.16. The van der Waals surface area contributed by atoms with E-state index < -0.39 is 0 Å². The molecule has 0 radical (unpaired) electrons. The van der Waals surface area contributed by atoms with Gasteiger partial charge in [-0.1, -0.05) is 17.7 Å². The summed E-state index contributed by atoms with van der Waals surface area (Å²) in [6.45, 7) is 2.70. The Morgan fingerprint density at radius 3 is 3.00 bits per heavy atom. The summed E-state index contributed by atoms with van der Waals surface area (Å²) in [5.74, 6) is 0. The van der Waals surface area contributed by atoms with Crippen LogP contribution in [0.4, 0.5) is 0 Å². The fourth-order valence-electron chi connectivity index (χ4n) is 1.55. The second-order valence-electron chi connectivity index (χ2n) is 3.23. The van der Waals surface area contributed by atoms with Crippen LogP contribution < -0.4 is 5.32 Å². The molecule has 0 atom stereocenters. The van der Waals surface area contributed by atoms with Gasteiger partial charge in [-0.05, 0) is 26.1 Å². The second-order valence-corrected chi connectivity index (χ2v) is 3.59. The Labute approximate surface area is 87.7 Å². The molecule has 0 saturated carbocycles. The van der Waals surface area contributed by atoms with Gasteiger partial charge in [0.15, 0.2) is 0 Å². The van der Waals surface area contributed by atoms with E-state index in [0.29, 0.717) is 5.15 Å². The standard InChI is InChI=1S/C10H12ClN3/c1-7-10(11)14-8(6-12-2)4-3-5-9(14)13-7/h3-5,12H,6H2,1-2H3. The molecule has 4 heteroatoms. The summed E-state index contributed by atoms with van der Waals surface area (Å²) in [5, 5.41) is 3.81. The largest absolute Gasteiger partial charge is 0.314 e. The summed E-state index contributed by atoms with van der Waals surface area (Å²) < 4.78 is 1.97. The maximum Gasteiger partial charge on any atom is 0.138 e. The van der Waals surface area contributed by atoms with Crippen LogP contribution in [0, 0.1) is 6.92 Å². The summed E-state index contributed by atoms with van der Waals surface area (Å²) in [7, 11) is 1.91. The predicted molar refractivity (Wildman–Crippen MR) is 57.7 cm³/mol. The van der Waals surface area contributed by atoms with Crippen LogP contribution in [0.3, 0.4) is 0 Å². The first-order chi connectivity index (χ1) is 6.74. The lowest BCUT2D eigenvalue weighted by Gasteiger charge is -2.04. The number of halogens is 1. The Kier molecular flexibility index (Phi) is 2.44. The van der Waals surface area contributed by atoms with Crippen molar-refractivity contribution in [2.75, 3.05) is 7.05 Å². The van der Waals surface area contributed by atoms with E-state index in [9.17, 15) is 0 Å². The summed E-state index contributed by atoms with van der Waals surface area (Å²) in [6.07, 6.45) is 0. The van der Waals surface area contributed by atoms with Crippen LogP contribution in [-0.4, -0.2) is 16.4 Å². The zero-order chi connectivity index (χ0) is 10.1. The average Bonchev–Trinajstić information content (AvgIpc) is 2.45. The summed E-state index contributed by atoms with van der Waals surface area (Å²) in [5.41, 5.74) is 2.89. The molecule has 2 aromatic rings. The third-order valence-corrected chi connectivity index (χ3v) is 2.63. The molecule has 0 saturated heterocycles. The van der Waals surface area contributed by atoms with Crippen molar-refractivity contribution in [3.63, 3.8) is 0 Å². The van der Waals surface area contributed by atoms with Crippen LogP contribution in [0.2, 0.25) is 5.15 Å². The van der Waals surface area contributed by atoms with E-state index in [0.717, 1.165) is 23.6 Å². The molecule has 0 aliphatic carbocycles. The molecular formula is C10H12ClN3. The average molecular weight is 210 g/mol. The normalized spacial score (nSPS) is 11.1. The van der Waals surface area contributed by atoms with Crippen LogP contribution >= 0.6 is 11.6 Å². The van der Waals surface area contributed by atoms with Gasteiger partial charge in [0, 0.05) is 12.2 Å². The maximum absolute atomic E-state index is 6.16. The molecule has 0 unspecified atom stereocenters. The second kappa shape index (κ2) is 3.59. The van der Waals surface area contributed by atoms with Gasteiger partial charge in [-0.15, -0.1) is 0 Å². The van der Waals surface area contributed by atoms with Crippen LogP contribution in [0.25, 0.3) is 5.65 Å². The van der Waals surface area contributed by atoms with Crippen molar-refractivity contribution in [3.8, 4) is 0 Å². The van der Waals surface area contributed by atoms with Crippen molar-refractivity contribution in [3.05, 3.63) is 34.7 Å². The first-order valence-electron chi connectivity index (χ1n) is 4.51. The van der Waals surface area contributed by atoms with E-state index in [2.05, 4.69) is 10.3 Å². The highest BCUT2D eigenvalue weighted by atomic mass is 35.5. The number of hydrogen-bond acceptors (Lipinski definition) is 2. The van der Waals surface area contributed by atoms with Gasteiger partial charge in [-0.3, -0.25) is 4.40 Å². The fraction of sp³-hybridized carbons (Fsp3) is 0.300. The molecule has 0 aliphatic rings. The molecule has 2 heterocycles. The first kappa shape index (κ1) is 9.49. The van der Waals surface area contributed by atoms with E-state index in [1.165, 1.54) is 0 Å². The molecular weight excluding hydrogens is 198 g/mol. The number of aromatic nitrogens is 2. The van der Waals surface area contributed by atoms with E-state index >= 15 is 0 Å². The van der Waals surface area contributed by atoms with Crippen molar-refractivity contribution in [2.45, 2.75) is 13.5 Å². The Balaban J connectivity index is 2.71. The topological polar surface area (TPSA) is 29.3 Å². The van der Waals surface area contributed by atoms with Gasteiger partial charge >= 0.3 is 0 Å². The van der Waals surface area contributed by atoms with Crippen molar-refractivity contribution in [1.29, 1.82) is 0 Å². The molecule has 74 valence electrons. The lowest BCUT2D eigenvalue weighted by Crippen LogP contribution is -2.09. The smallest absolute Gasteiger partial charge is 0.138 e. The molecule has 0 aliphatic heterocycles. The molecule has 0 fully saturated rings. The number of fused-ring (bicyclic) bond motifs is 1. The number of pyridine rings is 1. The Morgan fingerprint density at radius 2 is 2.29 bits per heavy atom. The number of aryl methyl sites for hydroxylation is 1. The van der Waals surface area contributed by atoms with Gasteiger partial charge in [-0.2, -0.15) is 0 Å². The highest BCUT2D eigenvalue weighted by Gasteiger charge is 2.08. The minimum Gasteiger partial charge on any atom is -0.314 e. The van der Waals surface area contributed by atoms with Crippen LogP contribution in [-0.2, 0) is 6.54 Å². The molecule has 0 amide bonds. The number of imidazole rings is 1. The molecule has 0 bridgehead atoms. The molecule has 14 heavy (non-hydrogen) atoms. The van der Waals surface area contributed by atoms with Gasteiger partial charge in [0.25, 0.3) is 0 Å². The SMILES string of the molecule is CNCc1cccc2nc(C)c(Cl)n12.